The summed E-state index contributed by atoms with van der Waals surface area (Å²) in [5, 5.41) is 2.43. The molecule has 1 heterocycles. The van der Waals surface area contributed by atoms with Crippen molar-refractivity contribution in [2.75, 3.05) is 4.90 Å². The minimum Gasteiger partial charge on any atom is -0.0617 e. The molecule has 69 heavy (non-hydrogen) atoms. The number of fused-ring (bicyclic) bond motifs is 3. The average Bonchev–Trinajstić information content (AvgIpc) is 3.77. The van der Waals surface area contributed by atoms with Gasteiger partial charge in [0.05, 0.1) is 11.0 Å². The molecule has 12 aromatic rings. The molecule has 3 heteroatoms. The predicted molar refractivity (Wildman–Crippen MR) is 295 cm³/mol. The van der Waals surface area contributed by atoms with E-state index in [0.717, 1.165) is 22.7 Å². The zero-order valence-electron chi connectivity index (χ0n) is 38.1. The molecule has 0 radical (unpaired) electrons. The molecule has 0 saturated carbocycles. The first-order valence-electron chi connectivity index (χ1n) is 23.7. The summed E-state index contributed by atoms with van der Waals surface area (Å²) >= 11 is -3.37. The van der Waals surface area contributed by atoms with E-state index in [1.54, 1.807) is 0 Å². The van der Waals surface area contributed by atoms with Crippen LogP contribution in [0.4, 0.5) is 17.1 Å². The van der Waals surface area contributed by atoms with Crippen molar-refractivity contribution < 1.29 is 0 Å². The summed E-state index contributed by atoms with van der Waals surface area (Å²) in [5.41, 5.74) is 14.0. The SMILES string of the molecule is c1ccc(-c2ccc(N(c3ccc(-c4cc[c]([Ge]([c]5ccccc5)([c]5ccccc5)[c]5ccccc5)cc4)cc3)c3ccc4c(c3)c3ccccc3n4-c3ccc(-c4ccccc4)cc3)cc2)cc1. The van der Waals surface area contributed by atoms with Crippen molar-refractivity contribution in [3.8, 4) is 39.1 Å². The van der Waals surface area contributed by atoms with Crippen LogP contribution in [0.15, 0.2) is 291 Å². The number of para-hydroxylation sites is 1. The smallest absolute Gasteiger partial charge is 0.0617 e. The van der Waals surface area contributed by atoms with E-state index in [9.17, 15) is 0 Å². The van der Waals surface area contributed by atoms with Crippen LogP contribution in [0.25, 0.3) is 60.9 Å². The predicted octanol–water partition coefficient (Wildman–Crippen LogP) is 14.6. The van der Waals surface area contributed by atoms with Crippen molar-refractivity contribution in [1.82, 2.24) is 4.57 Å². The summed E-state index contributed by atoms with van der Waals surface area (Å²) in [4.78, 5) is 2.39. The Morgan fingerprint density at radius 3 is 1.04 bits per heavy atom. The number of hydrogen-bond acceptors (Lipinski definition) is 1. The third-order valence-electron chi connectivity index (χ3n) is 13.8. The molecule has 0 saturated heterocycles. The van der Waals surface area contributed by atoms with Gasteiger partial charge in [0, 0.05) is 11.1 Å². The van der Waals surface area contributed by atoms with Crippen molar-refractivity contribution >= 4 is 69.7 Å². The number of aromatic nitrogens is 1. The summed E-state index contributed by atoms with van der Waals surface area (Å²) in [6, 6.07) is 107. The van der Waals surface area contributed by atoms with E-state index in [-0.39, 0.29) is 0 Å². The molecule has 0 amide bonds. The molecule has 0 N–H and O–H groups in total. The summed E-state index contributed by atoms with van der Waals surface area (Å²) in [6.45, 7) is 0. The molecule has 0 atom stereocenters. The van der Waals surface area contributed by atoms with Gasteiger partial charge in [0.15, 0.2) is 0 Å². The Morgan fingerprint density at radius 1 is 0.246 bits per heavy atom. The minimum atomic E-state index is -3.37. The van der Waals surface area contributed by atoms with Crippen LogP contribution in [0.1, 0.15) is 0 Å². The first-order valence-corrected chi connectivity index (χ1v) is 27.9. The number of anilines is 3. The van der Waals surface area contributed by atoms with E-state index in [4.69, 9.17) is 0 Å². The fourth-order valence-corrected chi connectivity index (χ4v) is 20.4. The van der Waals surface area contributed by atoms with Gasteiger partial charge in [-0.2, -0.15) is 0 Å². The second-order valence-corrected chi connectivity index (χ2v) is 25.7. The fraction of sp³-hybridized carbons (Fsp3) is 0. The fourth-order valence-electron chi connectivity index (χ4n) is 10.5. The van der Waals surface area contributed by atoms with Crippen LogP contribution >= 0.6 is 0 Å². The van der Waals surface area contributed by atoms with E-state index in [0.29, 0.717) is 0 Å². The molecule has 0 unspecified atom stereocenters. The van der Waals surface area contributed by atoms with Gasteiger partial charge in [-0.25, -0.2) is 0 Å². The summed E-state index contributed by atoms with van der Waals surface area (Å²) in [6.07, 6.45) is 0. The van der Waals surface area contributed by atoms with E-state index < -0.39 is 13.3 Å². The van der Waals surface area contributed by atoms with Gasteiger partial charge in [-0.1, -0.05) is 91.0 Å². The third-order valence-corrected chi connectivity index (χ3v) is 23.8. The van der Waals surface area contributed by atoms with E-state index in [1.807, 2.05) is 0 Å². The third kappa shape index (κ3) is 7.75. The quantitative estimate of drug-likeness (QED) is 0.117. The molecule has 0 fully saturated rings. The Balaban J connectivity index is 0.940. The summed E-state index contributed by atoms with van der Waals surface area (Å²) in [7, 11) is 0. The zero-order chi connectivity index (χ0) is 46.0. The second kappa shape index (κ2) is 18.3. The standard InChI is InChI=1S/C66H48GeN2/c1-6-18-49(19-7-1)52-32-40-59(41-33-52)68(62-46-47-66-64(48-62)63-28-16-17-29-65(63)69(66)61-44-36-53(37-45-61)50-20-8-2-9-21-50)60-42-34-54(35-43-60)51-30-38-58(39-31-51)67(55-22-10-3-11-23-55,56-24-12-4-13-25-56)57-26-14-5-15-27-57/h1-48H. The van der Waals surface area contributed by atoms with Gasteiger partial charge < -0.3 is 4.57 Å². The van der Waals surface area contributed by atoms with Crippen LogP contribution in [-0.2, 0) is 0 Å². The molecule has 0 aliphatic heterocycles. The van der Waals surface area contributed by atoms with Crippen LogP contribution < -0.4 is 22.5 Å². The Bertz CT molecular complexity index is 3550. The van der Waals surface area contributed by atoms with Crippen LogP contribution in [-0.4, -0.2) is 17.8 Å². The molecule has 0 aliphatic rings. The Morgan fingerprint density at radius 2 is 0.580 bits per heavy atom. The molecule has 12 rings (SSSR count). The number of nitrogens with zero attached hydrogens (tertiary/aromatic N) is 2. The van der Waals surface area contributed by atoms with Crippen molar-refractivity contribution in [1.29, 1.82) is 0 Å². The van der Waals surface area contributed by atoms with Gasteiger partial charge in [0.1, 0.15) is 0 Å². The molecule has 11 aromatic carbocycles. The van der Waals surface area contributed by atoms with Gasteiger partial charge in [-0.15, -0.1) is 0 Å². The topological polar surface area (TPSA) is 8.17 Å². The van der Waals surface area contributed by atoms with Crippen molar-refractivity contribution in [2.24, 2.45) is 0 Å². The van der Waals surface area contributed by atoms with Crippen LogP contribution in [0.5, 0.6) is 0 Å². The van der Waals surface area contributed by atoms with Crippen LogP contribution in [0.2, 0.25) is 0 Å². The Kier molecular flexibility index (Phi) is 11.1. The monoisotopic (exact) mass is 942 g/mol. The molecule has 1 aromatic heterocycles. The van der Waals surface area contributed by atoms with Gasteiger partial charge in [0.25, 0.3) is 0 Å². The normalized spacial score (nSPS) is 11.5. The number of benzene rings is 11. The van der Waals surface area contributed by atoms with Crippen LogP contribution in [0.3, 0.4) is 0 Å². The Labute approximate surface area is 407 Å². The molecular weight excluding hydrogens is 893 g/mol. The molecule has 326 valence electrons. The second-order valence-electron chi connectivity index (χ2n) is 17.7. The molecule has 0 spiro atoms. The summed E-state index contributed by atoms with van der Waals surface area (Å²) in [5.74, 6) is 0. The van der Waals surface area contributed by atoms with Crippen molar-refractivity contribution in [3.05, 3.63) is 291 Å². The van der Waals surface area contributed by atoms with Gasteiger partial charge in [-0.05, 0) is 40.5 Å². The first kappa shape index (κ1) is 42.0. The van der Waals surface area contributed by atoms with E-state index >= 15 is 0 Å². The maximum absolute atomic E-state index is 3.37. The average molecular weight is 942 g/mol. The van der Waals surface area contributed by atoms with E-state index in [1.165, 1.54) is 72.8 Å². The van der Waals surface area contributed by atoms with E-state index in [2.05, 4.69) is 301 Å². The zero-order valence-corrected chi connectivity index (χ0v) is 40.2. The minimum absolute atomic E-state index is 1.09. The molecule has 0 bridgehead atoms. The van der Waals surface area contributed by atoms with Gasteiger partial charge in [0.2, 0.25) is 0 Å². The van der Waals surface area contributed by atoms with Crippen molar-refractivity contribution in [2.45, 2.75) is 0 Å². The Hall–Kier alpha value is -8.44. The summed E-state index contributed by atoms with van der Waals surface area (Å²) < 4.78 is 8.07. The van der Waals surface area contributed by atoms with Crippen molar-refractivity contribution in [3.63, 3.8) is 0 Å². The number of rotatable bonds is 11. The van der Waals surface area contributed by atoms with Gasteiger partial charge in [-0.3, -0.25) is 0 Å². The van der Waals surface area contributed by atoms with Gasteiger partial charge >= 0.3 is 251 Å². The molecule has 2 nitrogen and oxygen atoms in total. The maximum atomic E-state index is 2.40. The molecule has 0 aliphatic carbocycles. The molecular formula is C66H48GeN2. The number of hydrogen-bond donors (Lipinski definition) is 0. The van der Waals surface area contributed by atoms with Crippen LogP contribution in [0, 0.1) is 0 Å². The first-order chi connectivity index (χ1) is 34.2.